The number of aromatic nitrogens is 4. The Labute approximate surface area is 104 Å². The SMILES string of the molecule is Cc1nc(SC(c2ccncc2)C(C)N)n[nH]1. The first-order chi connectivity index (χ1) is 8.16. The molecule has 2 rings (SSSR count). The lowest BCUT2D eigenvalue weighted by Gasteiger charge is -2.18. The third-order valence-corrected chi connectivity index (χ3v) is 3.67. The average molecular weight is 249 g/mol. The molecule has 2 atom stereocenters. The number of hydrogen-bond acceptors (Lipinski definition) is 5. The van der Waals surface area contributed by atoms with Crippen molar-refractivity contribution in [2.45, 2.75) is 30.3 Å². The molecule has 0 bridgehead atoms. The Hall–Kier alpha value is -1.40. The molecule has 2 aromatic heterocycles. The zero-order valence-corrected chi connectivity index (χ0v) is 10.6. The van der Waals surface area contributed by atoms with Crippen molar-refractivity contribution in [2.24, 2.45) is 5.73 Å². The Kier molecular flexibility index (Phi) is 3.75. The van der Waals surface area contributed by atoms with Gasteiger partial charge < -0.3 is 5.73 Å². The molecule has 6 heteroatoms. The zero-order valence-electron chi connectivity index (χ0n) is 9.79. The van der Waals surface area contributed by atoms with E-state index in [9.17, 15) is 0 Å². The molecule has 17 heavy (non-hydrogen) atoms. The minimum atomic E-state index is 0.0150. The molecule has 90 valence electrons. The van der Waals surface area contributed by atoms with Crippen molar-refractivity contribution in [3.05, 3.63) is 35.9 Å². The molecule has 0 fully saturated rings. The van der Waals surface area contributed by atoms with Crippen LogP contribution in [0.5, 0.6) is 0 Å². The largest absolute Gasteiger partial charge is 0.327 e. The van der Waals surface area contributed by atoms with Gasteiger partial charge >= 0.3 is 0 Å². The van der Waals surface area contributed by atoms with Gasteiger partial charge in [-0.15, -0.1) is 5.10 Å². The van der Waals surface area contributed by atoms with E-state index in [0.29, 0.717) is 0 Å². The summed E-state index contributed by atoms with van der Waals surface area (Å²) < 4.78 is 0. The van der Waals surface area contributed by atoms with E-state index >= 15 is 0 Å². The highest BCUT2D eigenvalue weighted by molar-refractivity contribution is 7.99. The first kappa shape index (κ1) is 12.1. The Bertz CT molecular complexity index is 468. The maximum absolute atomic E-state index is 6.02. The number of nitrogens with one attached hydrogen (secondary N) is 1. The van der Waals surface area contributed by atoms with Crippen LogP contribution in [0.4, 0.5) is 0 Å². The van der Waals surface area contributed by atoms with Gasteiger partial charge in [0.2, 0.25) is 5.16 Å². The van der Waals surface area contributed by atoms with Crippen molar-refractivity contribution in [2.75, 3.05) is 0 Å². The molecule has 0 radical (unpaired) electrons. The van der Waals surface area contributed by atoms with Crippen LogP contribution in [0.2, 0.25) is 0 Å². The molecule has 5 nitrogen and oxygen atoms in total. The summed E-state index contributed by atoms with van der Waals surface area (Å²) in [5.41, 5.74) is 7.16. The number of hydrogen-bond donors (Lipinski definition) is 2. The number of pyridine rings is 1. The molecule has 0 aromatic carbocycles. The number of aromatic amines is 1. The Balaban J connectivity index is 2.19. The van der Waals surface area contributed by atoms with Crippen molar-refractivity contribution < 1.29 is 0 Å². The molecule has 3 N–H and O–H groups in total. The number of nitrogens with two attached hydrogens (primary N) is 1. The molecule has 0 saturated heterocycles. The van der Waals surface area contributed by atoms with Crippen molar-refractivity contribution >= 4 is 11.8 Å². The van der Waals surface area contributed by atoms with Crippen LogP contribution in [0.15, 0.2) is 29.7 Å². The first-order valence-corrected chi connectivity index (χ1v) is 6.26. The maximum Gasteiger partial charge on any atom is 0.209 e. The minimum absolute atomic E-state index is 0.0150. The average Bonchev–Trinajstić information content (AvgIpc) is 2.73. The quantitative estimate of drug-likeness (QED) is 0.806. The molecular weight excluding hydrogens is 234 g/mol. The van der Waals surface area contributed by atoms with Crippen LogP contribution in [-0.4, -0.2) is 26.2 Å². The van der Waals surface area contributed by atoms with Crippen LogP contribution in [0.3, 0.4) is 0 Å². The van der Waals surface area contributed by atoms with Crippen LogP contribution in [-0.2, 0) is 0 Å². The summed E-state index contributed by atoms with van der Waals surface area (Å²) in [5.74, 6) is 0.811. The Morgan fingerprint density at radius 3 is 2.59 bits per heavy atom. The number of H-pyrrole nitrogens is 1. The minimum Gasteiger partial charge on any atom is -0.327 e. The predicted molar refractivity (Wildman–Crippen MR) is 67.6 cm³/mol. The fourth-order valence-electron chi connectivity index (χ4n) is 1.52. The van der Waals surface area contributed by atoms with Crippen LogP contribution >= 0.6 is 11.8 Å². The van der Waals surface area contributed by atoms with Gasteiger partial charge in [-0.25, -0.2) is 4.98 Å². The normalized spacial score (nSPS) is 14.5. The smallest absolute Gasteiger partial charge is 0.209 e. The molecule has 2 unspecified atom stereocenters. The second-order valence-electron chi connectivity index (χ2n) is 3.88. The van der Waals surface area contributed by atoms with E-state index in [-0.39, 0.29) is 11.3 Å². The number of thioether (sulfide) groups is 1. The second-order valence-corrected chi connectivity index (χ2v) is 4.99. The highest BCUT2D eigenvalue weighted by Gasteiger charge is 2.19. The number of nitrogens with zero attached hydrogens (tertiary/aromatic N) is 3. The van der Waals surface area contributed by atoms with Gasteiger partial charge in [0.05, 0.1) is 5.25 Å². The summed E-state index contributed by atoms with van der Waals surface area (Å²) in [6.07, 6.45) is 3.54. The maximum atomic E-state index is 6.02. The highest BCUT2D eigenvalue weighted by atomic mass is 32.2. The third kappa shape index (κ3) is 3.04. The summed E-state index contributed by atoms with van der Waals surface area (Å²) in [7, 11) is 0. The molecular formula is C11H15N5S. The van der Waals surface area contributed by atoms with Gasteiger partial charge in [0.1, 0.15) is 5.82 Å². The summed E-state index contributed by atoms with van der Waals surface area (Å²) >= 11 is 1.56. The lowest BCUT2D eigenvalue weighted by molar-refractivity contribution is 0.717. The summed E-state index contributed by atoms with van der Waals surface area (Å²) in [5, 5.41) is 7.80. The van der Waals surface area contributed by atoms with Crippen LogP contribution in [0.1, 0.15) is 23.6 Å². The van der Waals surface area contributed by atoms with Gasteiger partial charge in [-0.2, -0.15) is 0 Å². The first-order valence-electron chi connectivity index (χ1n) is 5.38. The molecule has 0 aliphatic heterocycles. The number of rotatable bonds is 4. The van der Waals surface area contributed by atoms with Gasteiger partial charge in [0.25, 0.3) is 0 Å². The molecule has 0 amide bonds. The van der Waals surface area contributed by atoms with Gasteiger partial charge in [-0.3, -0.25) is 10.1 Å². The van der Waals surface area contributed by atoms with Gasteiger partial charge in [0, 0.05) is 18.4 Å². The topological polar surface area (TPSA) is 80.5 Å². The van der Waals surface area contributed by atoms with E-state index < -0.39 is 0 Å². The van der Waals surface area contributed by atoms with Crippen LogP contribution in [0, 0.1) is 6.92 Å². The summed E-state index contributed by atoms with van der Waals surface area (Å²) in [4.78, 5) is 8.29. The van der Waals surface area contributed by atoms with E-state index in [2.05, 4.69) is 20.2 Å². The lowest BCUT2D eigenvalue weighted by Crippen LogP contribution is -2.22. The second kappa shape index (κ2) is 5.29. The van der Waals surface area contributed by atoms with E-state index in [1.165, 1.54) is 0 Å². The van der Waals surface area contributed by atoms with E-state index in [1.807, 2.05) is 26.0 Å². The molecule has 0 saturated carbocycles. The van der Waals surface area contributed by atoms with Gasteiger partial charge in [-0.05, 0) is 31.5 Å². The Morgan fingerprint density at radius 2 is 2.06 bits per heavy atom. The fraction of sp³-hybridized carbons (Fsp3) is 0.364. The highest BCUT2D eigenvalue weighted by Crippen LogP contribution is 2.34. The van der Waals surface area contributed by atoms with Crippen molar-refractivity contribution in [3.63, 3.8) is 0 Å². The molecule has 0 spiro atoms. The molecule has 0 aliphatic rings. The lowest BCUT2D eigenvalue weighted by atomic mass is 10.1. The van der Waals surface area contributed by atoms with E-state index in [1.54, 1.807) is 24.2 Å². The summed E-state index contributed by atoms with van der Waals surface area (Å²) in [6, 6.07) is 3.96. The van der Waals surface area contributed by atoms with Crippen LogP contribution < -0.4 is 5.73 Å². The van der Waals surface area contributed by atoms with Gasteiger partial charge in [0.15, 0.2) is 0 Å². The van der Waals surface area contributed by atoms with Crippen molar-refractivity contribution in [1.29, 1.82) is 0 Å². The van der Waals surface area contributed by atoms with E-state index in [0.717, 1.165) is 16.5 Å². The predicted octanol–water partition coefficient (Wildman–Crippen LogP) is 1.69. The van der Waals surface area contributed by atoms with Crippen LogP contribution in [0.25, 0.3) is 0 Å². The van der Waals surface area contributed by atoms with Crippen molar-refractivity contribution in [3.8, 4) is 0 Å². The zero-order chi connectivity index (χ0) is 12.3. The van der Waals surface area contributed by atoms with E-state index in [4.69, 9.17) is 5.73 Å². The molecule has 2 aromatic rings. The summed E-state index contributed by atoms with van der Waals surface area (Å²) in [6.45, 7) is 3.86. The standard InChI is InChI=1S/C11H15N5S/c1-7(12)10(9-3-5-13-6-4-9)17-11-14-8(2)15-16-11/h3-7,10H,12H2,1-2H3,(H,14,15,16). The fourth-order valence-corrected chi connectivity index (χ4v) is 2.54. The van der Waals surface area contributed by atoms with Gasteiger partial charge in [-0.1, -0.05) is 11.8 Å². The number of aryl methyl sites for hydroxylation is 1. The Morgan fingerprint density at radius 1 is 1.35 bits per heavy atom. The molecule has 2 heterocycles. The van der Waals surface area contributed by atoms with Crippen molar-refractivity contribution in [1.82, 2.24) is 20.2 Å². The monoisotopic (exact) mass is 249 g/mol. The third-order valence-electron chi connectivity index (χ3n) is 2.32. The molecule has 0 aliphatic carbocycles.